The zero-order chi connectivity index (χ0) is 11.5. The maximum Gasteiger partial charge on any atom is 0.120 e. The van der Waals surface area contributed by atoms with Gasteiger partial charge >= 0.3 is 0 Å². The first-order valence-corrected chi connectivity index (χ1v) is 6.53. The highest BCUT2D eigenvalue weighted by atomic mass is 16.5. The van der Waals surface area contributed by atoms with Gasteiger partial charge in [0.1, 0.15) is 11.9 Å². The molecule has 2 aliphatic heterocycles. The van der Waals surface area contributed by atoms with Crippen molar-refractivity contribution in [1.29, 1.82) is 0 Å². The summed E-state index contributed by atoms with van der Waals surface area (Å²) in [5.41, 5.74) is 2.66. The van der Waals surface area contributed by atoms with Gasteiger partial charge in [0, 0.05) is 25.1 Å². The lowest BCUT2D eigenvalue weighted by molar-refractivity contribution is 0.0255. The molecule has 1 N–H and O–H groups in total. The maximum atomic E-state index is 6.01. The van der Waals surface area contributed by atoms with Crippen molar-refractivity contribution >= 4 is 5.69 Å². The van der Waals surface area contributed by atoms with Crippen molar-refractivity contribution in [3.05, 3.63) is 23.8 Å². The van der Waals surface area contributed by atoms with Crippen LogP contribution in [0.25, 0.3) is 0 Å². The highest BCUT2D eigenvalue weighted by Gasteiger charge is 2.16. The average molecular weight is 233 g/mol. The second kappa shape index (κ2) is 4.96. The Bertz CT molecular complexity index is 386. The zero-order valence-corrected chi connectivity index (χ0v) is 10.1. The van der Waals surface area contributed by atoms with Crippen LogP contribution in [0.3, 0.4) is 0 Å². The van der Waals surface area contributed by atoms with Gasteiger partial charge < -0.3 is 14.8 Å². The van der Waals surface area contributed by atoms with Gasteiger partial charge in [-0.1, -0.05) is 0 Å². The molecule has 1 fully saturated rings. The van der Waals surface area contributed by atoms with E-state index in [2.05, 4.69) is 23.5 Å². The van der Waals surface area contributed by atoms with Crippen LogP contribution in [0.1, 0.15) is 24.8 Å². The fourth-order valence-corrected chi connectivity index (χ4v) is 2.51. The highest BCUT2D eigenvalue weighted by Crippen LogP contribution is 2.27. The second-order valence-electron chi connectivity index (χ2n) is 4.78. The fraction of sp³-hybridized carbons (Fsp3) is 0.571. The Morgan fingerprint density at radius 1 is 1.24 bits per heavy atom. The number of fused-ring (bicyclic) bond motifs is 1. The van der Waals surface area contributed by atoms with E-state index in [0.717, 1.165) is 44.8 Å². The Kier molecular flexibility index (Phi) is 3.18. The summed E-state index contributed by atoms with van der Waals surface area (Å²) in [4.78, 5) is 0. The molecule has 2 aliphatic rings. The molecule has 0 spiro atoms. The van der Waals surface area contributed by atoms with Gasteiger partial charge in [-0.25, -0.2) is 0 Å². The summed E-state index contributed by atoms with van der Waals surface area (Å²) in [6.45, 7) is 2.75. The van der Waals surface area contributed by atoms with Crippen molar-refractivity contribution in [3.8, 4) is 5.75 Å². The molecule has 3 heteroatoms. The van der Waals surface area contributed by atoms with Gasteiger partial charge in [-0.3, -0.25) is 0 Å². The number of rotatable bonds is 2. The molecule has 0 saturated carbocycles. The number of anilines is 1. The van der Waals surface area contributed by atoms with E-state index < -0.39 is 0 Å². The van der Waals surface area contributed by atoms with Crippen LogP contribution in [0.4, 0.5) is 5.69 Å². The van der Waals surface area contributed by atoms with Gasteiger partial charge in [-0.05, 0) is 36.6 Å². The van der Waals surface area contributed by atoms with E-state index >= 15 is 0 Å². The van der Waals surface area contributed by atoms with Gasteiger partial charge in [0.05, 0.1) is 13.2 Å². The summed E-state index contributed by atoms with van der Waals surface area (Å²) in [6, 6.07) is 6.41. The van der Waals surface area contributed by atoms with E-state index in [9.17, 15) is 0 Å². The smallest absolute Gasteiger partial charge is 0.120 e. The third-order valence-corrected chi connectivity index (χ3v) is 3.49. The Morgan fingerprint density at radius 2 is 2.12 bits per heavy atom. The minimum absolute atomic E-state index is 0.332. The molecule has 1 aromatic rings. The standard InChI is InChI=1S/C14H19NO2/c1-2-11-10-13(3-4-14(11)15-7-1)17-12-5-8-16-9-6-12/h3-4,10,12,15H,1-2,5-9H2. The summed E-state index contributed by atoms with van der Waals surface area (Å²) in [5.74, 6) is 1.01. The molecule has 0 aliphatic carbocycles. The minimum Gasteiger partial charge on any atom is -0.490 e. The quantitative estimate of drug-likeness (QED) is 0.851. The first-order valence-electron chi connectivity index (χ1n) is 6.53. The third-order valence-electron chi connectivity index (χ3n) is 3.49. The molecule has 17 heavy (non-hydrogen) atoms. The first kappa shape index (κ1) is 10.9. The molecule has 1 saturated heterocycles. The van der Waals surface area contributed by atoms with Crippen molar-refractivity contribution in [1.82, 2.24) is 0 Å². The molecule has 0 aromatic heterocycles. The number of aryl methyl sites for hydroxylation is 1. The van der Waals surface area contributed by atoms with Crippen LogP contribution in [0.15, 0.2) is 18.2 Å². The first-order chi connectivity index (χ1) is 8.42. The molecule has 0 unspecified atom stereocenters. The number of hydrogen-bond donors (Lipinski definition) is 1. The summed E-state index contributed by atoms with van der Waals surface area (Å²) < 4.78 is 11.4. The van der Waals surface area contributed by atoms with Crippen molar-refractivity contribution < 1.29 is 9.47 Å². The largest absolute Gasteiger partial charge is 0.490 e. The molecule has 0 atom stereocenters. The summed E-state index contributed by atoms with van der Waals surface area (Å²) in [6.07, 6.45) is 4.73. The topological polar surface area (TPSA) is 30.5 Å². The van der Waals surface area contributed by atoms with Crippen molar-refractivity contribution in [2.45, 2.75) is 31.8 Å². The van der Waals surface area contributed by atoms with Gasteiger partial charge in [-0.2, -0.15) is 0 Å². The molecule has 92 valence electrons. The van der Waals surface area contributed by atoms with Gasteiger partial charge in [-0.15, -0.1) is 0 Å². The number of hydrogen-bond acceptors (Lipinski definition) is 3. The highest BCUT2D eigenvalue weighted by molar-refractivity contribution is 5.55. The number of benzene rings is 1. The summed E-state index contributed by atoms with van der Waals surface area (Å²) in [5, 5.41) is 3.42. The van der Waals surface area contributed by atoms with Crippen molar-refractivity contribution in [2.24, 2.45) is 0 Å². The predicted molar refractivity (Wildman–Crippen MR) is 67.7 cm³/mol. The van der Waals surface area contributed by atoms with E-state index in [0.29, 0.717) is 6.10 Å². The Morgan fingerprint density at radius 3 is 3.00 bits per heavy atom. The van der Waals surface area contributed by atoms with Crippen LogP contribution in [-0.2, 0) is 11.2 Å². The Labute approximate surface area is 102 Å². The monoisotopic (exact) mass is 233 g/mol. The number of nitrogens with one attached hydrogen (secondary N) is 1. The van der Waals surface area contributed by atoms with Crippen LogP contribution in [0.5, 0.6) is 5.75 Å². The molecule has 0 bridgehead atoms. The van der Waals surface area contributed by atoms with E-state index in [1.165, 1.54) is 17.7 Å². The molecule has 0 radical (unpaired) electrons. The van der Waals surface area contributed by atoms with Crippen LogP contribution in [-0.4, -0.2) is 25.9 Å². The van der Waals surface area contributed by atoms with E-state index in [-0.39, 0.29) is 0 Å². The van der Waals surface area contributed by atoms with Crippen molar-refractivity contribution in [3.63, 3.8) is 0 Å². The van der Waals surface area contributed by atoms with E-state index in [4.69, 9.17) is 9.47 Å². The normalized spacial score (nSPS) is 20.5. The maximum absolute atomic E-state index is 6.01. The van der Waals surface area contributed by atoms with Crippen LogP contribution in [0.2, 0.25) is 0 Å². The summed E-state index contributed by atoms with van der Waals surface area (Å²) >= 11 is 0. The molecule has 2 heterocycles. The SMILES string of the molecule is c1cc2c(cc1OC1CCOCC1)CCCN2. The second-order valence-corrected chi connectivity index (χ2v) is 4.78. The Balaban J connectivity index is 1.70. The molecular formula is C14H19NO2. The van der Waals surface area contributed by atoms with Crippen LogP contribution < -0.4 is 10.1 Å². The minimum atomic E-state index is 0.332. The number of ether oxygens (including phenoxy) is 2. The summed E-state index contributed by atoms with van der Waals surface area (Å²) in [7, 11) is 0. The van der Waals surface area contributed by atoms with Gasteiger partial charge in [0.25, 0.3) is 0 Å². The zero-order valence-electron chi connectivity index (χ0n) is 10.1. The molecule has 0 amide bonds. The van der Waals surface area contributed by atoms with Gasteiger partial charge in [0.15, 0.2) is 0 Å². The molecule has 3 rings (SSSR count). The van der Waals surface area contributed by atoms with Crippen molar-refractivity contribution in [2.75, 3.05) is 25.1 Å². The van der Waals surface area contributed by atoms with Crippen LogP contribution in [0, 0.1) is 0 Å². The molecular weight excluding hydrogens is 214 g/mol. The lowest BCUT2D eigenvalue weighted by atomic mass is 10.0. The average Bonchev–Trinajstić information content (AvgIpc) is 2.40. The molecule has 1 aromatic carbocycles. The van der Waals surface area contributed by atoms with E-state index in [1.54, 1.807) is 0 Å². The predicted octanol–water partition coefficient (Wildman–Crippen LogP) is 2.60. The Hall–Kier alpha value is -1.22. The third kappa shape index (κ3) is 2.55. The molecule has 3 nitrogen and oxygen atoms in total. The fourth-order valence-electron chi connectivity index (χ4n) is 2.51. The van der Waals surface area contributed by atoms with Crippen LogP contribution >= 0.6 is 0 Å². The lowest BCUT2D eigenvalue weighted by Crippen LogP contribution is -2.26. The lowest BCUT2D eigenvalue weighted by Gasteiger charge is -2.24. The van der Waals surface area contributed by atoms with E-state index in [1.807, 2.05) is 0 Å². The van der Waals surface area contributed by atoms with Gasteiger partial charge in [0.2, 0.25) is 0 Å².